The van der Waals surface area contributed by atoms with Crippen LogP contribution in [0.4, 0.5) is 4.79 Å². The van der Waals surface area contributed by atoms with Crippen LogP contribution in [0.2, 0.25) is 0 Å². The van der Waals surface area contributed by atoms with Crippen molar-refractivity contribution in [2.75, 3.05) is 26.7 Å². The Morgan fingerprint density at radius 2 is 2.22 bits per heavy atom. The lowest BCUT2D eigenvalue weighted by Crippen LogP contribution is -2.46. The van der Waals surface area contributed by atoms with Gasteiger partial charge in [-0.15, -0.1) is 0 Å². The van der Waals surface area contributed by atoms with E-state index in [9.17, 15) is 9.59 Å². The quantitative estimate of drug-likeness (QED) is 0.768. The second-order valence-corrected chi connectivity index (χ2v) is 5.18. The topological polar surface area (TPSA) is 78.9 Å². The fraction of sp³-hybridized carbons (Fsp3) is 0.833. The van der Waals surface area contributed by atoms with E-state index in [1.165, 1.54) is 4.90 Å². The van der Waals surface area contributed by atoms with Crippen LogP contribution in [0.3, 0.4) is 0 Å². The molecule has 0 saturated carbocycles. The summed E-state index contributed by atoms with van der Waals surface area (Å²) in [5, 5.41) is 11.6. The second kappa shape index (κ2) is 6.04. The van der Waals surface area contributed by atoms with Crippen LogP contribution in [0.1, 0.15) is 26.7 Å². The van der Waals surface area contributed by atoms with Gasteiger partial charge in [0.1, 0.15) is 0 Å². The van der Waals surface area contributed by atoms with Crippen molar-refractivity contribution in [3.63, 3.8) is 0 Å². The molecule has 0 aliphatic carbocycles. The third kappa shape index (κ3) is 4.18. The Bertz CT molecular complexity index is 313. The monoisotopic (exact) mass is 258 g/mol. The van der Waals surface area contributed by atoms with Crippen molar-refractivity contribution in [1.82, 2.24) is 10.2 Å². The number of hydrogen-bond acceptors (Lipinski definition) is 3. The van der Waals surface area contributed by atoms with Crippen LogP contribution in [0.15, 0.2) is 0 Å². The molecule has 0 spiro atoms. The molecule has 6 nitrogen and oxygen atoms in total. The minimum Gasteiger partial charge on any atom is -0.481 e. The van der Waals surface area contributed by atoms with Crippen molar-refractivity contribution in [1.29, 1.82) is 0 Å². The highest BCUT2D eigenvalue weighted by molar-refractivity contribution is 5.75. The predicted octanol–water partition coefficient (Wildman–Crippen LogP) is 0.918. The van der Waals surface area contributed by atoms with Crippen LogP contribution < -0.4 is 5.32 Å². The predicted molar refractivity (Wildman–Crippen MR) is 66.4 cm³/mol. The van der Waals surface area contributed by atoms with Crippen molar-refractivity contribution in [3.05, 3.63) is 0 Å². The molecule has 0 radical (unpaired) electrons. The maximum atomic E-state index is 11.8. The fourth-order valence-electron chi connectivity index (χ4n) is 1.95. The summed E-state index contributed by atoms with van der Waals surface area (Å²) >= 11 is 0. The van der Waals surface area contributed by atoms with Gasteiger partial charge < -0.3 is 20.1 Å². The Morgan fingerprint density at radius 3 is 2.72 bits per heavy atom. The van der Waals surface area contributed by atoms with E-state index in [1.807, 2.05) is 6.92 Å². The number of hydrogen-bond donors (Lipinski definition) is 2. The van der Waals surface area contributed by atoms with Gasteiger partial charge in [0.05, 0.1) is 11.5 Å². The molecular formula is C12H22N2O4. The first-order valence-corrected chi connectivity index (χ1v) is 6.20. The number of urea groups is 1. The number of ether oxygens (including phenoxy) is 1. The number of amides is 2. The Kier molecular flexibility index (Phi) is 4.95. The Labute approximate surface area is 107 Å². The van der Waals surface area contributed by atoms with Gasteiger partial charge in [0.15, 0.2) is 0 Å². The zero-order chi connectivity index (χ0) is 13.8. The van der Waals surface area contributed by atoms with Gasteiger partial charge in [0, 0.05) is 26.7 Å². The van der Waals surface area contributed by atoms with E-state index >= 15 is 0 Å². The van der Waals surface area contributed by atoms with Crippen molar-refractivity contribution in [2.24, 2.45) is 5.92 Å². The number of carbonyl (C=O) groups excluding carboxylic acids is 1. The van der Waals surface area contributed by atoms with Crippen molar-refractivity contribution >= 4 is 12.0 Å². The fourth-order valence-corrected chi connectivity index (χ4v) is 1.95. The first kappa shape index (κ1) is 14.8. The summed E-state index contributed by atoms with van der Waals surface area (Å²) in [7, 11) is 1.59. The van der Waals surface area contributed by atoms with E-state index in [2.05, 4.69) is 5.32 Å². The lowest BCUT2D eigenvalue weighted by Gasteiger charge is -2.26. The summed E-state index contributed by atoms with van der Waals surface area (Å²) in [6.45, 7) is 4.93. The number of carbonyl (C=O) groups is 2. The number of carboxylic acid groups (broad SMARTS) is 1. The molecule has 1 rings (SSSR count). The summed E-state index contributed by atoms with van der Waals surface area (Å²) in [6.07, 6.45) is 1.95. The van der Waals surface area contributed by atoms with Gasteiger partial charge in [-0.2, -0.15) is 0 Å². The molecule has 0 aromatic rings. The molecule has 2 amide bonds. The van der Waals surface area contributed by atoms with Gasteiger partial charge in [-0.3, -0.25) is 4.79 Å². The van der Waals surface area contributed by atoms with Crippen molar-refractivity contribution in [3.8, 4) is 0 Å². The minimum atomic E-state index is -0.902. The largest absolute Gasteiger partial charge is 0.481 e. The van der Waals surface area contributed by atoms with Gasteiger partial charge in [-0.05, 0) is 19.8 Å². The third-order valence-electron chi connectivity index (χ3n) is 3.23. The van der Waals surface area contributed by atoms with Crippen LogP contribution >= 0.6 is 0 Å². The minimum absolute atomic E-state index is 0.193. The first-order chi connectivity index (χ1) is 8.34. The molecule has 6 heteroatoms. The summed E-state index contributed by atoms with van der Waals surface area (Å²) in [5.41, 5.74) is -0.283. The Hall–Kier alpha value is -1.30. The molecule has 1 heterocycles. The maximum Gasteiger partial charge on any atom is 0.317 e. The van der Waals surface area contributed by atoms with Crippen LogP contribution in [0.5, 0.6) is 0 Å². The first-order valence-electron chi connectivity index (χ1n) is 6.20. The highest BCUT2D eigenvalue weighted by Crippen LogP contribution is 2.23. The van der Waals surface area contributed by atoms with Crippen LogP contribution in [-0.2, 0) is 9.53 Å². The second-order valence-electron chi connectivity index (χ2n) is 5.18. The van der Waals surface area contributed by atoms with Crippen molar-refractivity contribution < 1.29 is 19.4 Å². The Morgan fingerprint density at radius 1 is 1.56 bits per heavy atom. The van der Waals surface area contributed by atoms with Gasteiger partial charge >= 0.3 is 12.0 Å². The van der Waals surface area contributed by atoms with Crippen LogP contribution in [0, 0.1) is 5.92 Å². The molecule has 0 bridgehead atoms. The lowest BCUT2D eigenvalue weighted by atomic mass is 10.0. The summed E-state index contributed by atoms with van der Waals surface area (Å²) in [4.78, 5) is 23.8. The van der Waals surface area contributed by atoms with Gasteiger partial charge in [-0.1, -0.05) is 6.92 Å². The molecule has 2 atom stereocenters. The normalized spacial score (nSPS) is 24.6. The van der Waals surface area contributed by atoms with E-state index in [0.717, 1.165) is 19.4 Å². The van der Waals surface area contributed by atoms with Crippen molar-refractivity contribution in [2.45, 2.75) is 32.3 Å². The zero-order valence-corrected chi connectivity index (χ0v) is 11.2. The van der Waals surface area contributed by atoms with E-state index in [1.54, 1.807) is 14.0 Å². The maximum absolute atomic E-state index is 11.8. The molecular weight excluding hydrogens is 236 g/mol. The molecule has 1 aliphatic heterocycles. The molecule has 0 aromatic heterocycles. The highest BCUT2D eigenvalue weighted by atomic mass is 16.5. The molecule has 2 unspecified atom stereocenters. The summed E-state index contributed by atoms with van der Waals surface area (Å²) < 4.78 is 5.56. The number of carboxylic acids is 1. The molecule has 1 fully saturated rings. The number of nitrogens with zero attached hydrogens (tertiary/aromatic N) is 1. The van der Waals surface area contributed by atoms with Crippen LogP contribution in [-0.4, -0.2) is 54.4 Å². The van der Waals surface area contributed by atoms with E-state index in [-0.39, 0.29) is 18.2 Å². The number of rotatable bonds is 5. The van der Waals surface area contributed by atoms with Gasteiger partial charge in [0.2, 0.25) is 0 Å². The molecule has 2 N–H and O–H groups in total. The zero-order valence-electron chi connectivity index (χ0n) is 11.2. The molecule has 18 heavy (non-hydrogen) atoms. The van der Waals surface area contributed by atoms with Crippen LogP contribution in [0.25, 0.3) is 0 Å². The molecule has 1 saturated heterocycles. The average Bonchev–Trinajstić information content (AvgIpc) is 2.73. The molecule has 1 aliphatic rings. The average molecular weight is 258 g/mol. The third-order valence-corrected chi connectivity index (χ3v) is 3.23. The standard InChI is InChI=1S/C12H22N2O4/c1-9(10(15)16)7-14(3)11(17)13-8-12(2)5-4-6-18-12/h9H,4-8H2,1-3H3,(H,13,17)(H,15,16). The SMILES string of the molecule is CC(CN(C)C(=O)NCC1(C)CCCO1)C(=O)O. The van der Waals surface area contributed by atoms with Gasteiger partial charge in [-0.25, -0.2) is 4.79 Å². The Balaban J connectivity index is 2.33. The van der Waals surface area contributed by atoms with E-state index in [0.29, 0.717) is 6.54 Å². The summed E-state index contributed by atoms with van der Waals surface area (Å²) in [5.74, 6) is -1.47. The molecule has 0 aromatic carbocycles. The smallest absolute Gasteiger partial charge is 0.317 e. The summed E-state index contributed by atoms with van der Waals surface area (Å²) in [6, 6.07) is -0.264. The molecule has 104 valence electrons. The number of aliphatic carboxylic acids is 1. The van der Waals surface area contributed by atoms with Gasteiger partial charge in [0.25, 0.3) is 0 Å². The van der Waals surface area contributed by atoms with E-state index < -0.39 is 11.9 Å². The lowest BCUT2D eigenvalue weighted by molar-refractivity contribution is -0.141. The highest BCUT2D eigenvalue weighted by Gasteiger charge is 2.30. The number of nitrogens with one attached hydrogen (secondary N) is 1. The van der Waals surface area contributed by atoms with E-state index in [4.69, 9.17) is 9.84 Å².